The van der Waals surface area contributed by atoms with E-state index in [4.69, 9.17) is 5.26 Å². The minimum atomic E-state index is -5.12. The number of sulfonamides is 1. The van der Waals surface area contributed by atoms with E-state index in [9.17, 15) is 39.6 Å². The second-order valence-corrected chi connectivity index (χ2v) is 10.6. The van der Waals surface area contributed by atoms with Gasteiger partial charge in [0.1, 0.15) is 5.69 Å². The fourth-order valence-electron chi connectivity index (χ4n) is 3.24. The fraction of sp³-hybridized carbons (Fsp3) is 0.227. The Morgan fingerprint density at radius 3 is 2.22 bits per heavy atom. The predicted octanol–water partition coefficient (Wildman–Crippen LogP) is 5.39. The van der Waals surface area contributed by atoms with Gasteiger partial charge in [0.05, 0.1) is 35.6 Å². The number of carbonyl (C=O) groups is 1. The normalized spacial score (nSPS) is 12.2. The summed E-state index contributed by atoms with van der Waals surface area (Å²) in [4.78, 5) is 17.9. The van der Waals surface area contributed by atoms with Crippen molar-refractivity contribution in [1.82, 2.24) is 9.71 Å². The van der Waals surface area contributed by atoms with Crippen LogP contribution in [0.2, 0.25) is 0 Å². The molecule has 1 amide bonds. The van der Waals surface area contributed by atoms with E-state index in [1.807, 2.05) is 6.07 Å². The number of amides is 1. The lowest BCUT2D eigenvalue weighted by Crippen LogP contribution is -2.30. The second-order valence-electron chi connectivity index (χ2n) is 7.72. The molecule has 3 aromatic rings. The average Bonchev–Trinajstić information content (AvgIpc) is 3.16. The maximum Gasteiger partial charge on any atom is 0.416 e. The summed E-state index contributed by atoms with van der Waals surface area (Å²) < 4.78 is 105. The van der Waals surface area contributed by atoms with Gasteiger partial charge < -0.3 is 4.90 Å². The molecule has 0 spiro atoms. The van der Waals surface area contributed by atoms with Crippen LogP contribution >= 0.6 is 11.3 Å². The van der Waals surface area contributed by atoms with Crippen molar-refractivity contribution in [2.45, 2.75) is 25.8 Å². The van der Waals surface area contributed by atoms with Gasteiger partial charge in [-0.2, -0.15) is 31.6 Å². The zero-order chi connectivity index (χ0) is 27.8. The molecule has 196 valence electrons. The summed E-state index contributed by atoms with van der Waals surface area (Å²) >= 11 is 0.854. The van der Waals surface area contributed by atoms with Crippen molar-refractivity contribution in [2.24, 2.45) is 0 Å². The van der Waals surface area contributed by atoms with Crippen molar-refractivity contribution in [1.29, 1.82) is 5.26 Å². The highest BCUT2D eigenvalue weighted by atomic mass is 32.2. The number of carbonyl (C=O) groups excluding carboxylic acids is 1. The fourth-order valence-corrected chi connectivity index (χ4v) is 4.59. The number of alkyl halides is 6. The van der Waals surface area contributed by atoms with Crippen LogP contribution in [0.1, 0.15) is 37.6 Å². The van der Waals surface area contributed by atoms with E-state index in [0.29, 0.717) is 12.1 Å². The molecule has 0 saturated heterocycles. The number of nitrogens with zero attached hydrogens (tertiary/aromatic N) is 3. The van der Waals surface area contributed by atoms with Gasteiger partial charge in [0, 0.05) is 10.6 Å². The van der Waals surface area contributed by atoms with E-state index >= 15 is 0 Å². The first kappa shape index (κ1) is 27.9. The molecule has 0 aliphatic heterocycles. The Kier molecular flexibility index (Phi) is 7.57. The lowest BCUT2D eigenvalue weighted by molar-refractivity contribution is -0.143. The molecule has 2 aromatic carbocycles. The molecule has 0 atom stereocenters. The summed E-state index contributed by atoms with van der Waals surface area (Å²) in [5.41, 5.74) is -3.34. The number of thiazole rings is 1. The highest BCUT2D eigenvalue weighted by molar-refractivity contribution is 7.89. The molecule has 15 heteroatoms. The summed E-state index contributed by atoms with van der Waals surface area (Å²) in [5, 5.41) is 9.01. The molecular weight excluding hydrogens is 546 g/mol. The van der Waals surface area contributed by atoms with Crippen LogP contribution in [-0.2, 0) is 28.9 Å². The molecule has 37 heavy (non-hydrogen) atoms. The molecule has 3 rings (SSSR count). The molecule has 1 N–H and O–H groups in total. The number of rotatable bonds is 6. The Hall–Kier alpha value is -3.64. The highest BCUT2D eigenvalue weighted by Crippen LogP contribution is 2.40. The van der Waals surface area contributed by atoms with Gasteiger partial charge in [-0.15, -0.1) is 11.3 Å². The first-order valence-electron chi connectivity index (χ1n) is 10.0. The third-order valence-electron chi connectivity index (χ3n) is 4.89. The Morgan fingerprint density at radius 1 is 1.08 bits per heavy atom. The van der Waals surface area contributed by atoms with Gasteiger partial charge in [0.25, 0.3) is 5.91 Å². The van der Waals surface area contributed by atoms with Crippen LogP contribution in [0.4, 0.5) is 37.2 Å². The minimum absolute atomic E-state index is 0.0182. The SMILES string of the molecule is Cc1sc(N(Cc2ccc(C(F)(F)F)cc2C(F)(F)F)c2ccc(C#N)cc2)nc1C(=O)NS(C)(=O)=O. The molecule has 0 bridgehead atoms. The Morgan fingerprint density at radius 2 is 1.70 bits per heavy atom. The average molecular weight is 563 g/mol. The van der Waals surface area contributed by atoms with E-state index in [1.54, 1.807) is 4.72 Å². The lowest BCUT2D eigenvalue weighted by atomic mass is 10.0. The molecule has 0 fully saturated rings. The van der Waals surface area contributed by atoms with E-state index in [2.05, 4.69) is 4.98 Å². The smallest absolute Gasteiger partial charge is 0.313 e. The van der Waals surface area contributed by atoms with Crippen LogP contribution in [0.15, 0.2) is 42.5 Å². The number of anilines is 2. The number of hydrogen-bond acceptors (Lipinski definition) is 7. The van der Waals surface area contributed by atoms with Crippen molar-refractivity contribution in [2.75, 3.05) is 11.2 Å². The largest absolute Gasteiger partial charge is 0.416 e. The minimum Gasteiger partial charge on any atom is -0.313 e. The molecule has 0 aliphatic carbocycles. The first-order chi connectivity index (χ1) is 17.0. The summed E-state index contributed by atoms with van der Waals surface area (Å²) in [6.45, 7) is 0.827. The second kappa shape index (κ2) is 10.0. The monoisotopic (exact) mass is 562 g/mol. The van der Waals surface area contributed by atoms with Gasteiger partial charge in [0.15, 0.2) is 5.13 Å². The molecule has 1 aromatic heterocycles. The summed E-state index contributed by atoms with van der Waals surface area (Å²) in [5.74, 6) is -1.06. The van der Waals surface area contributed by atoms with Crippen LogP contribution < -0.4 is 9.62 Å². The number of nitriles is 1. The molecular formula is C22H16F6N4O3S2. The van der Waals surface area contributed by atoms with E-state index in [0.717, 1.165) is 17.6 Å². The Bertz CT molecular complexity index is 1470. The van der Waals surface area contributed by atoms with Crippen molar-refractivity contribution in [3.05, 3.63) is 75.3 Å². The third kappa shape index (κ3) is 6.77. The third-order valence-corrected chi connectivity index (χ3v) is 6.44. The highest BCUT2D eigenvalue weighted by Gasteiger charge is 2.38. The zero-order valence-electron chi connectivity index (χ0n) is 18.9. The van der Waals surface area contributed by atoms with Crippen LogP contribution in [0.3, 0.4) is 0 Å². The van der Waals surface area contributed by atoms with Gasteiger partial charge >= 0.3 is 12.4 Å². The lowest BCUT2D eigenvalue weighted by Gasteiger charge is -2.25. The van der Waals surface area contributed by atoms with Crippen LogP contribution in [0.5, 0.6) is 0 Å². The van der Waals surface area contributed by atoms with Gasteiger partial charge in [0.2, 0.25) is 10.0 Å². The number of benzene rings is 2. The summed E-state index contributed by atoms with van der Waals surface area (Å²) in [6.07, 6.45) is -9.37. The maximum atomic E-state index is 13.8. The molecule has 0 saturated carbocycles. The molecule has 0 aliphatic rings. The van der Waals surface area contributed by atoms with E-state index in [1.165, 1.54) is 36.1 Å². The van der Waals surface area contributed by atoms with Gasteiger partial charge in [-0.25, -0.2) is 18.1 Å². The standard InChI is InChI=1S/C22H16F6N4O3S2/c1-12-18(19(33)31-37(2,34)35)30-20(36-12)32(16-7-3-13(10-29)4-8-16)11-14-5-6-15(21(23,24)25)9-17(14)22(26,27)28/h3-9H,11H2,1-2H3,(H,31,33). The van der Waals surface area contributed by atoms with Crippen LogP contribution in [-0.4, -0.2) is 25.6 Å². The maximum absolute atomic E-state index is 13.8. The first-order valence-corrected chi connectivity index (χ1v) is 12.7. The zero-order valence-corrected chi connectivity index (χ0v) is 20.5. The number of halogens is 6. The quantitative estimate of drug-likeness (QED) is 0.405. The van der Waals surface area contributed by atoms with Crippen LogP contribution in [0, 0.1) is 18.3 Å². The molecule has 0 radical (unpaired) electrons. The molecule has 0 unspecified atom stereocenters. The van der Waals surface area contributed by atoms with Crippen molar-refractivity contribution >= 4 is 38.1 Å². The van der Waals surface area contributed by atoms with Gasteiger partial charge in [-0.3, -0.25) is 4.79 Å². The van der Waals surface area contributed by atoms with Crippen molar-refractivity contribution in [3.8, 4) is 6.07 Å². The van der Waals surface area contributed by atoms with Gasteiger partial charge in [-0.05, 0) is 48.9 Å². The summed E-state index contributed by atoms with van der Waals surface area (Å²) in [7, 11) is -3.94. The topological polar surface area (TPSA) is 103 Å². The number of aromatic nitrogens is 1. The van der Waals surface area contributed by atoms with Crippen molar-refractivity contribution in [3.63, 3.8) is 0 Å². The Balaban J connectivity index is 2.14. The molecule has 7 nitrogen and oxygen atoms in total. The Labute approximate surface area is 211 Å². The number of nitrogens with one attached hydrogen (secondary N) is 1. The van der Waals surface area contributed by atoms with Crippen LogP contribution in [0.25, 0.3) is 0 Å². The van der Waals surface area contributed by atoms with E-state index in [-0.39, 0.29) is 33.0 Å². The van der Waals surface area contributed by atoms with E-state index < -0.39 is 51.5 Å². The predicted molar refractivity (Wildman–Crippen MR) is 123 cm³/mol. The number of hydrogen-bond donors (Lipinski definition) is 1. The number of aryl methyl sites for hydroxylation is 1. The van der Waals surface area contributed by atoms with Gasteiger partial charge in [-0.1, -0.05) is 6.07 Å². The summed E-state index contributed by atoms with van der Waals surface area (Å²) in [6, 6.07) is 8.67. The van der Waals surface area contributed by atoms with Crippen molar-refractivity contribution < 1.29 is 39.6 Å². The molecule has 1 heterocycles.